The average Bonchev–Trinajstić information content (AvgIpc) is 2.75. The van der Waals surface area contributed by atoms with Gasteiger partial charge in [0.15, 0.2) is 0 Å². The van der Waals surface area contributed by atoms with Crippen LogP contribution >= 0.6 is 47.8 Å². The zero-order chi connectivity index (χ0) is 21.7. The van der Waals surface area contributed by atoms with Crippen molar-refractivity contribution in [3.8, 4) is 17.2 Å². The van der Waals surface area contributed by atoms with Crippen LogP contribution in [-0.4, -0.2) is 35.8 Å². The first-order valence-electron chi connectivity index (χ1n) is 11.5. The second kappa shape index (κ2) is 20.9. The Bertz CT molecular complexity index is 431. The van der Waals surface area contributed by atoms with Crippen molar-refractivity contribution in [2.24, 2.45) is 0 Å². The van der Waals surface area contributed by atoms with Crippen molar-refractivity contribution in [3.05, 3.63) is 18.2 Å². The summed E-state index contributed by atoms with van der Waals surface area (Å²) < 4.78 is 18.0. The molecule has 3 nitrogen and oxygen atoms in total. The van der Waals surface area contributed by atoms with Crippen molar-refractivity contribution >= 4 is 47.8 Å². The summed E-state index contributed by atoms with van der Waals surface area (Å²) in [5.74, 6) is 2.55. The van der Waals surface area contributed by atoms with Crippen molar-refractivity contribution < 1.29 is 14.2 Å². The van der Waals surface area contributed by atoms with Crippen LogP contribution in [-0.2, 0) is 0 Å². The molecule has 0 saturated heterocycles. The average molecular weight is 615 g/mol. The highest BCUT2D eigenvalue weighted by atomic mass is 79.9. The van der Waals surface area contributed by atoms with Crippen LogP contribution in [0.3, 0.4) is 0 Å². The molecule has 0 aliphatic rings. The molecule has 0 saturated carbocycles. The van der Waals surface area contributed by atoms with Crippen molar-refractivity contribution in [2.45, 2.75) is 77.0 Å². The van der Waals surface area contributed by atoms with Gasteiger partial charge in [0.25, 0.3) is 0 Å². The van der Waals surface area contributed by atoms with Crippen molar-refractivity contribution in [1.82, 2.24) is 0 Å². The molecule has 0 spiro atoms. The van der Waals surface area contributed by atoms with E-state index in [1.807, 2.05) is 18.2 Å². The quantitative estimate of drug-likeness (QED) is 0.102. The van der Waals surface area contributed by atoms with Gasteiger partial charge in [0.05, 0.1) is 19.8 Å². The molecular formula is C24H39Br3O3. The maximum Gasteiger partial charge on any atom is 0.126 e. The maximum absolute atomic E-state index is 6.00. The third-order valence-corrected chi connectivity index (χ3v) is 6.43. The fraction of sp³-hybridized carbons (Fsp3) is 0.750. The monoisotopic (exact) mass is 612 g/mol. The third kappa shape index (κ3) is 15.8. The molecule has 1 aromatic carbocycles. The Kier molecular flexibility index (Phi) is 19.6. The molecule has 0 aliphatic heterocycles. The van der Waals surface area contributed by atoms with E-state index in [9.17, 15) is 0 Å². The van der Waals surface area contributed by atoms with E-state index in [1.165, 1.54) is 57.8 Å². The van der Waals surface area contributed by atoms with Crippen LogP contribution in [0.4, 0.5) is 0 Å². The summed E-state index contributed by atoms with van der Waals surface area (Å²) in [5, 5.41) is 3.25. The van der Waals surface area contributed by atoms with Gasteiger partial charge in [0.1, 0.15) is 17.2 Å². The molecule has 174 valence electrons. The minimum atomic E-state index is 0.740. The van der Waals surface area contributed by atoms with Gasteiger partial charge < -0.3 is 14.2 Å². The topological polar surface area (TPSA) is 27.7 Å². The number of rotatable bonds is 21. The van der Waals surface area contributed by atoms with Crippen LogP contribution in [0.15, 0.2) is 18.2 Å². The van der Waals surface area contributed by atoms with E-state index in [0.717, 1.165) is 72.3 Å². The summed E-state index contributed by atoms with van der Waals surface area (Å²) in [6, 6.07) is 6.00. The van der Waals surface area contributed by atoms with E-state index >= 15 is 0 Å². The standard InChI is InChI=1S/C24H39Br3O3/c25-13-7-1-4-10-16-28-22-19-23(29-17-11-5-2-8-14-26)21-24(20-22)30-18-12-6-3-9-15-27/h19-21H,1-18H2. The first-order valence-corrected chi connectivity index (χ1v) is 14.9. The Hall–Kier alpha value is 0.0600. The molecule has 1 rings (SSSR count). The van der Waals surface area contributed by atoms with E-state index in [1.54, 1.807) is 0 Å². The molecule has 0 bridgehead atoms. The minimum absolute atomic E-state index is 0.740. The van der Waals surface area contributed by atoms with Crippen LogP contribution in [0, 0.1) is 0 Å². The van der Waals surface area contributed by atoms with Crippen LogP contribution in [0.2, 0.25) is 0 Å². The van der Waals surface area contributed by atoms with Crippen LogP contribution in [0.1, 0.15) is 77.0 Å². The first kappa shape index (κ1) is 28.1. The molecule has 0 radical (unpaired) electrons. The molecule has 0 amide bonds. The Morgan fingerprint density at radius 2 is 0.667 bits per heavy atom. The third-order valence-electron chi connectivity index (χ3n) is 4.74. The van der Waals surface area contributed by atoms with Gasteiger partial charge in [-0.2, -0.15) is 0 Å². The summed E-state index contributed by atoms with van der Waals surface area (Å²) in [7, 11) is 0. The van der Waals surface area contributed by atoms with Gasteiger partial charge in [-0.05, 0) is 38.5 Å². The fourth-order valence-electron chi connectivity index (χ4n) is 3.02. The van der Waals surface area contributed by atoms with Gasteiger partial charge in [0, 0.05) is 34.2 Å². The highest BCUT2D eigenvalue weighted by Crippen LogP contribution is 2.28. The molecule has 0 aliphatic carbocycles. The van der Waals surface area contributed by atoms with Gasteiger partial charge in [0.2, 0.25) is 0 Å². The van der Waals surface area contributed by atoms with E-state index in [4.69, 9.17) is 14.2 Å². The predicted molar refractivity (Wildman–Crippen MR) is 140 cm³/mol. The Labute approximate surface area is 209 Å². The molecule has 0 unspecified atom stereocenters. The Morgan fingerprint density at radius 1 is 0.400 bits per heavy atom. The zero-order valence-corrected chi connectivity index (χ0v) is 23.1. The maximum atomic E-state index is 6.00. The van der Waals surface area contributed by atoms with Crippen molar-refractivity contribution in [3.63, 3.8) is 0 Å². The first-order chi connectivity index (χ1) is 14.8. The van der Waals surface area contributed by atoms with Gasteiger partial charge in [-0.25, -0.2) is 0 Å². The van der Waals surface area contributed by atoms with Crippen LogP contribution in [0.25, 0.3) is 0 Å². The smallest absolute Gasteiger partial charge is 0.126 e. The lowest BCUT2D eigenvalue weighted by Gasteiger charge is -2.13. The molecule has 1 aromatic rings. The molecule has 0 fully saturated rings. The number of unbranched alkanes of at least 4 members (excludes halogenated alkanes) is 9. The van der Waals surface area contributed by atoms with Crippen molar-refractivity contribution in [1.29, 1.82) is 0 Å². The molecule has 0 N–H and O–H groups in total. The van der Waals surface area contributed by atoms with Gasteiger partial charge in [-0.1, -0.05) is 86.3 Å². The summed E-state index contributed by atoms with van der Waals surface area (Å²) in [6.07, 6.45) is 14.3. The number of benzene rings is 1. The molecule has 0 atom stereocenters. The number of hydrogen-bond donors (Lipinski definition) is 0. The second-order valence-electron chi connectivity index (χ2n) is 7.50. The molecule has 30 heavy (non-hydrogen) atoms. The Balaban J connectivity index is 2.47. The van der Waals surface area contributed by atoms with E-state index < -0.39 is 0 Å². The lowest BCUT2D eigenvalue weighted by atomic mass is 10.2. The summed E-state index contributed by atoms with van der Waals surface area (Å²) in [4.78, 5) is 0. The van der Waals surface area contributed by atoms with Crippen molar-refractivity contribution in [2.75, 3.05) is 35.8 Å². The Morgan fingerprint density at radius 3 is 0.933 bits per heavy atom. The summed E-state index contributed by atoms with van der Waals surface area (Å²) in [6.45, 7) is 2.22. The van der Waals surface area contributed by atoms with E-state index in [-0.39, 0.29) is 0 Å². The van der Waals surface area contributed by atoms with Gasteiger partial charge in [-0.15, -0.1) is 0 Å². The largest absolute Gasteiger partial charge is 0.493 e. The second-order valence-corrected chi connectivity index (χ2v) is 9.87. The number of hydrogen-bond acceptors (Lipinski definition) is 3. The highest BCUT2D eigenvalue weighted by Gasteiger charge is 2.05. The number of halogens is 3. The van der Waals surface area contributed by atoms with Crippen LogP contribution in [0.5, 0.6) is 17.2 Å². The lowest BCUT2D eigenvalue weighted by Crippen LogP contribution is -2.02. The number of ether oxygens (including phenoxy) is 3. The fourth-order valence-corrected chi connectivity index (χ4v) is 4.21. The van der Waals surface area contributed by atoms with Crippen LogP contribution < -0.4 is 14.2 Å². The number of alkyl halides is 3. The van der Waals surface area contributed by atoms with E-state index in [2.05, 4.69) is 47.8 Å². The normalized spacial score (nSPS) is 10.9. The molecule has 0 heterocycles. The SMILES string of the molecule is BrCCCCCCOc1cc(OCCCCCCBr)cc(OCCCCCCBr)c1. The molecule has 0 aromatic heterocycles. The predicted octanol–water partition coefficient (Wildman–Crippen LogP) is 8.69. The minimum Gasteiger partial charge on any atom is -0.493 e. The highest BCUT2D eigenvalue weighted by molar-refractivity contribution is 9.09. The molecule has 6 heteroatoms. The summed E-state index contributed by atoms with van der Waals surface area (Å²) in [5.41, 5.74) is 0. The summed E-state index contributed by atoms with van der Waals surface area (Å²) >= 11 is 10.5. The molecular weight excluding hydrogens is 576 g/mol. The van der Waals surface area contributed by atoms with Gasteiger partial charge in [-0.3, -0.25) is 0 Å². The van der Waals surface area contributed by atoms with Gasteiger partial charge >= 0.3 is 0 Å². The lowest BCUT2D eigenvalue weighted by molar-refractivity contribution is 0.276. The van der Waals surface area contributed by atoms with E-state index in [0.29, 0.717) is 0 Å². The zero-order valence-electron chi connectivity index (χ0n) is 18.3.